The van der Waals surface area contributed by atoms with E-state index in [9.17, 15) is 5.26 Å². The molecule has 278 valence electrons. The summed E-state index contributed by atoms with van der Waals surface area (Å²) in [6.07, 6.45) is 8.86. The first kappa shape index (κ1) is 38.3. The average molecular weight is 770 g/mol. The van der Waals surface area contributed by atoms with Crippen molar-refractivity contribution in [2.24, 2.45) is 0 Å². The Hall–Kier alpha value is -5.93. The van der Waals surface area contributed by atoms with E-state index in [-0.39, 0.29) is 12.1 Å². The third kappa shape index (κ3) is 7.77. The van der Waals surface area contributed by atoms with Crippen LogP contribution >= 0.6 is 22.9 Å². The molecule has 0 spiro atoms. The van der Waals surface area contributed by atoms with E-state index in [2.05, 4.69) is 176 Å². The summed E-state index contributed by atoms with van der Waals surface area (Å²) in [5.41, 5.74) is 11.0. The number of thiophene rings is 1. The molecule has 6 heteroatoms. The Balaban J connectivity index is 1.49. The second kappa shape index (κ2) is 17.3. The highest BCUT2D eigenvalue weighted by Crippen LogP contribution is 2.50. The summed E-state index contributed by atoms with van der Waals surface area (Å²) in [6, 6.07) is 51.2. The number of allylic oxidation sites excluding steroid dienone is 5. The summed E-state index contributed by atoms with van der Waals surface area (Å²) < 4.78 is 2.35. The average Bonchev–Trinajstić information content (AvgIpc) is 3.59. The Morgan fingerprint density at radius 2 is 1.25 bits per heavy atom. The van der Waals surface area contributed by atoms with E-state index in [1.165, 1.54) is 0 Å². The van der Waals surface area contributed by atoms with Crippen LogP contribution in [0.2, 0.25) is 5.02 Å². The molecule has 0 aliphatic heterocycles. The van der Waals surface area contributed by atoms with Crippen molar-refractivity contribution in [1.29, 1.82) is 5.26 Å². The van der Waals surface area contributed by atoms with Crippen LogP contribution in [0.25, 0.3) is 16.7 Å². The highest BCUT2D eigenvalue weighted by atomic mass is 35.5. The van der Waals surface area contributed by atoms with Gasteiger partial charge in [-0.3, -0.25) is 0 Å². The van der Waals surface area contributed by atoms with E-state index in [1.807, 2.05) is 42.5 Å². The van der Waals surface area contributed by atoms with E-state index in [0.717, 1.165) is 66.2 Å². The van der Waals surface area contributed by atoms with Crippen LogP contribution < -0.4 is 9.80 Å². The molecule has 0 fully saturated rings. The van der Waals surface area contributed by atoms with E-state index in [0.29, 0.717) is 17.1 Å². The Morgan fingerprint density at radius 3 is 1.80 bits per heavy atom. The van der Waals surface area contributed by atoms with Gasteiger partial charge < -0.3 is 9.80 Å². The van der Waals surface area contributed by atoms with Gasteiger partial charge in [-0.2, -0.15) is 9.84 Å². The lowest BCUT2D eigenvalue weighted by Crippen LogP contribution is -2.25. The normalized spacial score (nSPS) is 12.3. The van der Waals surface area contributed by atoms with E-state index in [4.69, 9.17) is 11.6 Å². The molecule has 56 heavy (non-hydrogen) atoms. The van der Waals surface area contributed by atoms with Gasteiger partial charge in [-0.15, -0.1) is 11.3 Å². The molecular formula is C50H46ClN4S+. The number of rotatable bonds is 11. The SMILES string of the molecule is CCN(c1ccccc1)c1sc(C(=C2C=CC(=[N+](c3ccccc3)C(C)C)C=C2)c2ccc(N(c3ccccc3)C(C)C)cc2)c(-c2ccccc2Cl)c1C#N. The molecule has 4 nitrogen and oxygen atoms in total. The Morgan fingerprint density at radius 1 is 0.696 bits per heavy atom. The first-order valence-corrected chi connectivity index (χ1v) is 20.4. The second-order valence-corrected chi connectivity index (χ2v) is 15.6. The maximum absolute atomic E-state index is 11.1. The van der Waals surface area contributed by atoms with Gasteiger partial charge in [-0.1, -0.05) is 96.5 Å². The van der Waals surface area contributed by atoms with Crippen LogP contribution in [0.1, 0.15) is 50.6 Å². The van der Waals surface area contributed by atoms with Gasteiger partial charge in [0.1, 0.15) is 11.1 Å². The zero-order chi connectivity index (χ0) is 39.2. The van der Waals surface area contributed by atoms with Crippen molar-refractivity contribution in [3.05, 3.63) is 190 Å². The molecule has 1 aromatic heterocycles. The molecule has 5 aromatic carbocycles. The number of hydrogen-bond donors (Lipinski definition) is 0. The minimum absolute atomic E-state index is 0.246. The predicted octanol–water partition coefficient (Wildman–Crippen LogP) is 13.8. The van der Waals surface area contributed by atoms with Crippen molar-refractivity contribution >= 4 is 62.0 Å². The molecule has 0 N–H and O–H groups in total. The van der Waals surface area contributed by atoms with E-state index >= 15 is 0 Å². The van der Waals surface area contributed by atoms with Gasteiger partial charge in [0.25, 0.3) is 0 Å². The zero-order valence-corrected chi connectivity index (χ0v) is 34.1. The van der Waals surface area contributed by atoms with Gasteiger partial charge in [0.2, 0.25) is 11.4 Å². The lowest BCUT2D eigenvalue weighted by Gasteiger charge is -2.29. The van der Waals surface area contributed by atoms with Crippen LogP contribution in [0, 0.1) is 11.3 Å². The van der Waals surface area contributed by atoms with Crippen molar-refractivity contribution < 1.29 is 4.58 Å². The summed E-state index contributed by atoms with van der Waals surface area (Å²) in [5, 5.41) is 12.6. The summed E-state index contributed by atoms with van der Waals surface area (Å²) in [4.78, 5) is 5.58. The lowest BCUT2D eigenvalue weighted by atomic mass is 9.90. The minimum Gasteiger partial charge on any atom is -0.339 e. The van der Waals surface area contributed by atoms with Gasteiger partial charge >= 0.3 is 0 Å². The molecule has 1 aliphatic carbocycles. The molecule has 1 heterocycles. The number of hydrogen-bond acceptors (Lipinski definition) is 4. The highest BCUT2D eigenvalue weighted by Gasteiger charge is 2.29. The summed E-state index contributed by atoms with van der Waals surface area (Å²) in [5.74, 6) is 0. The van der Waals surface area contributed by atoms with Crippen molar-refractivity contribution in [3.63, 3.8) is 0 Å². The van der Waals surface area contributed by atoms with Crippen LogP contribution in [-0.2, 0) is 0 Å². The Kier molecular flexibility index (Phi) is 11.8. The standard InChI is InChI=1S/C50H46ClN4S/c1-6-53(39-18-10-7-11-19-39)50-45(34-52)48(44-24-16-17-25-46(44)51)49(56-50)47(37-26-30-42(31-27-37)54(35(2)3)40-20-12-8-13-21-40)38-28-32-43(33-29-38)55(36(4)5)41-22-14-9-15-23-41/h7-33,35-36H,6H2,1-5H3/q+1. The van der Waals surface area contributed by atoms with Crippen molar-refractivity contribution in [2.75, 3.05) is 16.3 Å². The van der Waals surface area contributed by atoms with Gasteiger partial charge in [0.05, 0.1) is 5.56 Å². The fourth-order valence-electron chi connectivity index (χ4n) is 7.54. The van der Waals surface area contributed by atoms with Crippen molar-refractivity contribution in [2.45, 2.75) is 46.7 Å². The third-order valence-electron chi connectivity index (χ3n) is 9.97. The van der Waals surface area contributed by atoms with Gasteiger partial charge in [-0.05, 0) is 100 Å². The molecule has 0 unspecified atom stereocenters. The highest BCUT2D eigenvalue weighted by molar-refractivity contribution is 7.18. The summed E-state index contributed by atoms with van der Waals surface area (Å²) in [7, 11) is 0. The van der Waals surface area contributed by atoms with Gasteiger partial charge in [-0.25, -0.2) is 0 Å². The van der Waals surface area contributed by atoms with Gasteiger partial charge in [0.15, 0.2) is 6.04 Å². The third-order valence-corrected chi connectivity index (χ3v) is 11.5. The maximum Gasteiger partial charge on any atom is 0.205 e. The molecule has 0 radical (unpaired) electrons. The number of nitriles is 1. The van der Waals surface area contributed by atoms with Gasteiger partial charge in [0, 0.05) is 80.5 Å². The first-order valence-electron chi connectivity index (χ1n) is 19.2. The van der Waals surface area contributed by atoms with Crippen LogP contribution in [-0.4, -0.2) is 28.9 Å². The Labute approximate surface area is 340 Å². The van der Waals surface area contributed by atoms with Crippen LogP contribution in [0.3, 0.4) is 0 Å². The molecule has 6 aromatic rings. The second-order valence-electron chi connectivity index (χ2n) is 14.2. The predicted molar refractivity (Wildman–Crippen MR) is 240 cm³/mol. The maximum atomic E-state index is 11.1. The van der Waals surface area contributed by atoms with Crippen molar-refractivity contribution in [3.8, 4) is 17.2 Å². The zero-order valence-electron chi connectivity index (χ0n) is 32.5. The van der Waals surface area contributed by atoms with E-state index < -0.39 is 0 Å². The fraction of sp³-hybridized carbons (Fsp3) is 0.160. The van der Waals surface area contributed by atoms with Crippen LogP contribution in [0.15, 0.2) is 169 Å². The first-order chi connectivity index (χ1) is 27.3. The Bertz CT molecular complexity index is 2450. The molecule has 1 aliphatic rings. The number of anilines is 4. The molecule has 0 saturated heterocycles. The number of halogens is 1. The van der Waals surface area contributed by atoms with E-state index in [1.54, 1.807) is 11.3 Å². The van der Waals surface area contributed by atoms with Crippen LogP contribution in [0.4, 0.5) is 27.8 Å². The lowest BCUT2D eigenvalue weighted by molar-refractivity contribution is -0.474. The molecule has 0 bridgehead atoms. The topological polar surface area (TPSA) is 33.3 Å². The molecule has 0 atom stereocenters. The quantitative estimate of drug-likeness (QED) is 0.123. The molecule has 7 rings (SSSR count). The number of nitrogens with zero attached hydrogens (tertiary/aromatic N) is 4. The monoisotopic (exact) mass is 769 g/mol. The largest absolute Gasteiger partial charge is 0.339 e. The smallest absolute Gasteiger partial charge is 0.205 e. The molecular weight excluding hydrogens is 724 g/mol. The minimum atomic E-state index is 0.246. The molecule has 0 amide bonds. The molecule has 0 saturated carbocycles. The fourth-order valence-corrected chi connectivity index (χ4v) is 9.21. The summed E-state index contributed by atoms with van der Waals surface area (Å²) in [6.45, 7) is 11.7. The van der Waals surface area contributed by atoms with Crippen LogP contribution in [0.5, 0.6) is 0 Å². The van der Waals surface area contributed by atoms with Crippen molar-refractivity contribution in [1.82, 2.24) is 0 Å². The number of benzene rings is 5. The summed E-state index contributed by atoms with van der Waals surface area (Å²) >= 11 is 8.70. The number of para-hydroxylation sites is 3.